The molecule has 1 aromatic heterocycles. The molecule has 0 saturated heterocycles. The lowest BCUT2D eigenvalue weighted by Gasteiger charge is -2.13. The van der Waals surface area contributed by atoms with Crippen LogP contribution in [-0.4, -0.2) is 11.5 Å². The van der Waals surface area contributed by atoms with E-state index < -0.39 is 0 Å². The number of benzene rings is 1. The van der Waals surface area contributed by atoms with Gasteiger partial charge in [-0.05, 0) is 55.2 Å². The molecule has 0 amide bonds. The van der Waals surface area contributed by atoms with Crippen LogP contribution in [0.5, 0.6) is 0 Å². The van der Waals surface area contributed by atoms with E-state index in [1.807, 2.05) is 0 Å². The van der Waals surface area contributed by atoms with Crippen LogP contribution < -0.4 is 5.32 Å². The Bertz CT molecular complexity index is 599. The van der Waals surface area contributed by atoms with Crippen LogP contribution in [-0.2, 0) is 0 Å². The van der Waals surface area contributed by atoms with Gasteiger partial charge in [0.15, 0.2) is 5.13 Å². The van der Waals surface area contributed by atoms with Crippen LogP contribution in [0.15, 0.2) is 22.7 Å². The number of fused-ring (bicyclic) bond motifs is 1. The molecule has 94 valence electrons. The third-order valence-electron chi connectivity index (χ3n) is 4.28. The molecule has 1 heterocycles. The topological polar surface area (TPSA) is 24.9 Å². The maximum Gasteiger partial charge on any atom is 0.183 e. The molecule has 2 nitrogen and oxygen atoms in total. The number of anilines is 1. The zero-order chi connectivity index (χ0) is 12.2. The first-order chi connectivity index (χ1) is 8.75. The Morgan fingerprint density at radius 3 is 2.94 bits per heavy atom. The van der Waals surface area contributed by atoms with Crippen LogP contribution in [0, 0.1) is 11.3 Å². The number of nitrogens with zero attached hydrogens (tertiary/aromatic N) is 1. The van der Waals surface area contributed by atoms with E-state index >= 15 is 0 Å². The first-order valence-electron chi connectivity index (χ1n) is 6.55. The van der Waals surface area contributed by atoms with Gasteiger partial charge in [-0.25, -0.2) is 4.98 Å². The number of thiazole rings is 1. The molecule has 4 heteroatoms. The van der Waals surface area contributed by atoms with Crippen molar-refractivity contribution in [2.45, 2.75) is 25.7 Å². The fourth-order valence-corrected chi connectivity index (χ4v) is 4.00. The number of halogens is 1. The van der Waals surface area contributed by atoms with Crippen molar-refractivity contribution in [1.82, 2.24) is 4.98 Å². The summed E-state index contributed by atoms with van der Waals surface area (Å²) in [4.78, 5) is 4.66. The molecular weight excluding hydrogens is 308 g/mol. The van der Waals surface area contributed by atoms with Crippen LogP contribution in [0.2, 0.25) is 0 Å². The van der Waals surface area contributed by atoms with E-state index in [4.69, 9.17) is 0 Å². The Morgan fingerprint density at radius 2 is 2.22 bits per heavy atom. The van der Waals surface area contributed by atoms with Crippen molar-refractivity contribution in [3.8, 4) is 0 Å². The molecule has 2 aromatic rings. The second-order valence-electron chi connectivity index (χ2n) is 5.62. The van der Waals surface area contributed by atoms with Crippen molar-refractivity contribution in [1.29, 1.82) is 0 Å². The van der Waals surface area contributed by atoms with E-state index in [-0.39, 0.29) is 0 Å². The van der Waals surface area contributed by atoms with Crippen LogP contribution in [0.3, 0.4) is 0 Å². The second-order valence-corrected chi connectivity index (χ2v) is 7.57. The van der Waals surface area contributed by atoms with Gasteiger partial charge in [0, 0.05) is 11.0 Å². The molecule has 2 saturated carbocycles. The molecule has 0 unspecified atom stereocenters. The van der Waals surface area contributed by atoms with E-state index in [9.17, 15) is 0 Å². The third kappa shape index (κ3) is 1.95. The number of hydrogen-bond donors (Lipinski definition) is 1. The summed E-state index contributed by atoms with van der Waals surface area (Å²) >= 11 is 5.26. The molecule has 2 aliphatic carbocycles. The summed E-state index contributed by atoms with van der Waals surface area (Å²) in [6.45, 7) is 1.12. The predicted molar refractivity (Wildman–Crippen MR) is 80.2 cm³/mol. The molecule has 4 rings (SSSR count). The largest absolute Gasteiger partial charge is 0.361 e. The van der Waals surface area contributed by atoms with Gasteiger partial charge in [0.1, 0.15) is 0 Å². The molecule has 0 spiro atoms. The quantitative estimate of drug-likeness (QED) is 0.885. The Kier molecular flexibility index (Phi) is 2.46. The normalized spacial score (nSPS) is 21.2. The standard InChI is InChI=1S/C14H15BrN2S/c15-10-3-4-12-11(7-10)17-13(18-12)16-8-14(5-6-14)9-1-2-9/h3-4,7,9H,1-2,5-6,8H2,(H,16,17). The predicted octanol–water partition coefficient (Wildman–Crippen LogP) is 4.66. The maximum absolute atomic E-state index is 4.66. The molecule has 0 aliphatic heterocycles. The molecule has 0 radical (unpaired) electrons. The molecular formula is C14H15BrN2S. The summed E-state index contributed by atoms with van der Waals surface area (Å²) in [5.74, 6) is 1.01. The minimum atomic E-state index is 0.637. The molecule has 2 aliphatic rings. The Labute approximate surface area is 119 Å². The summed E-state index contributed by atoms with van der Waals surface area (Å²) in [5.41, 5.74) is 1.73. The minimum Gasteiger partial charge on any atom is -0.361 e. The van der Waals surface area contributed by atoms with Crippen LogP contribution in [0.25, 0.3) is 10.2 Å². The van der Waals surface area contributed by atoms with Crippen LogP contribution >= 0.6 is 27.3 Å². The summed E-state index contributed by atoms with van der Waals surface area (Å²) in [7, 11) is 0. The van der Waals surface area contributed by atoms with Gasteiger partial charge in [0.05, 0.1) is 10.2 Å². The number of rotatable bonds is 4. The van der Waals surface area contributed by atoms with Gasteiger partial charge in [0.2, 0.25) is 0 Å². The minimum absolute atomic E-state index is 0.637. The molecule has 18 heavy (non-hydrogen) atoms. The fraction of sp³-hybridized carbons (Fsp3) is 0.500. The second kappa shape index (κ2) is 3.94. The first-order valence-corrected chi connectivity index (χ1v) is 8.16. The lowest BCUT2D eigenvalue weighted by atomic mass is 10.0. The van der Waals surface area contributed by atoms with Crippen molar-refractivity contribution in [3.63, 3.8) is 0 Å². The molecule has 2 fully saturated rings. The van der Waals surface area contributed by atoms with Gasteiger partial charge < -0.3 is 5.32 Å². The average molecular weight is 323 g/mol. The van der Waals surface area contributed by atoms with E-state index in [1.54, 1.807) is 11.3 Å². The summed E-state index contributed by atoms with van der Waals surface area (Å²) in [5, 5.41) is 4.65. The van der Waals surface area contributed by atoms with Gasteiger partial charge >= 0.3 is 0 Å². The van der Waals surface area contributed by atoms with Crippen molar-refractivity contribution in [3.05, 3.63) is 22.7 Å². The van der Waals surface area contributed by atoms with Gasteiger partial charge in [0.25, 0.3) is 0 Å². The summed E-state index contributed by atoms with van der Waals surface area (Å²) in [6, 6.07) is 6.30. The molecule has 0 bridgehead atoms. The van der Waals surface area contributed by atoms with Crippen LogP contribution in [0.1, 0.15) is 25.7 Å². The van der Waals surface area contributed by atoms with Crippen LogP contribution in [0.4, 0.5) is 5.13 Å². The molecule has 1 N–H and O–H groups in total. The lowest BCUT2D eigenvalue weighted by Crippen LogP contribution is -2.17. The fourth-order valence-electron chi connectivity index (χ4n) is 2.81. The van der Waals surface area contributed by atoms with Gasteiger partial charge in [-0.3, -0.25) is 0 Å². The van der Waals surface area contributed by atoms with Crippen molar-refractivity contribution in [2.24, 2.45) is 11.3 Å². The van der Waals surface area contributed by atoms with Gasteiger partial charge in [-0.2, -0.15) is 0 Å². The van der Waals surface area contributed by atoms with E-state index in [1.165, 1.54) is 30.4 Å². The number of hydrogen-bond acceptors (Lipinski definition) is 3. The SMILES string of the molecule is Brc1ccc2sc(NCC3(C4CC4)CC3)nc2c1. The van der Waals surface area contributed by atoms with Crippen molar-refractivity contribution in [2.75, 3.05) is 11.9 Å². The van der Waals surface area contributed by atoms with Crippen molar-refractivity contribution < 1.29 is 0 Å². The van der Waals surface area contributed by atoms with E-state index in [0.717, 1.165) is 27.6 Å². The molecule has 0 atom stereocenters. The summed E-state index contributed by atoms with van der Waals surface area (Å²) < 4.78 is 2.36. The van der Waals surface area contributed by atoms with Crippen molar-refractivity contribution >= 4 is 42.6 Å². The Hall–Kier alpha value is -0.610. The Morgan fingerprint density at radius 1 is 1.39 bits per heavy atom. The number of nitrogens with one attached hydrogen (secondary N) is 1. The smallest absolute Gasteiger partial charge is 0.183 e. The Balaban J connectivity index is 1.52. The third-order valence-corrected chi connectivity index (χ3v) is 5.76. The molecule has 1 aromatic carbocycles. The summed E-state index contributed by atoms with van der Waals surface area (Å²) in [6.07, 6.45) is 5.74. The van der Waals surface area contributed by atoms with E-state index in [0.29, 0.717) is 5.41 Å². The number of aromatic nitrogens is 1. The van der Waals surface area contributed by atoms with Gasteiger partial charge in [-0.15, -0.1) is 0 Å². The highest BCUT2D eigenvalue weighted by Gasteiger charge is 2.53. The van der Waals surface area contributed by atoms with E-state index in [2.05, 4.69) is 44.4 Å². The lowest BCUT2D eigenvalue weighted by molar-refractivity contribution is 0.467. The van der Waals surface area contributed by atoms with Gasteiger partial charge in [-0.1, -0.05) is 27.3 Å². The highest BCUT2D eigenvalue weighted by Crippen LogP contribution is 2.61. The maximum atomic E-state index is 4.66. The first kappa shape index (κ1) is 11.2. The zero-order valence-corrected chi connectivity index (χ0v) is 12.5. The zero-order valence-electron chi connectivity index (χ0n) is 10.1. The average Bonchev–Trinajstić information content (AvgIpc) is 3.22. The highest BCUT2D eigenvalue weighted by molar-refractivity contribution is 9.10. The monoisotopic (exact) mass is 322 g/mol. The highest BCUT2D eigenvalue weighted by atomic mass is 79.9.